The summed E-state index contributed by atoms with van der Waals surface area (Å²) in [6, 6.07) is 1.23. The van der Waals surface area contributed by atoms with Crippen molar-refractivity contribution in [3.05, 3.63) is 6.20 Å². The van der Waals surface area contributed by atoms with Crippen molar-refractivity contribution < 1.29 is 0 Å². The Balaban J connectivity index is 0.00000160. The van der Waals surface area contributed by atoms with Gasteiger partial charge in [-0.1, -0.05) is 12.8 Å². The standard InChI is InChI=1S/C20H34N8.2ClH/c21-11-3-4-12-23-20-26-17-13-24-19(25-15-9-7-14(22)8-10-15)27-18(17)28(20)16-5-1-2-6-16;;/h13-16H,1-12,21-22H2,(H,23,26)(H,24,25,27);2*1H. The Bertz CT molecular complexity index is 769. The maximum absolute atomic E-state index is 6.03. The van der Waals surface area contributed by atoms with Crippen LogP contribution in [0.5, 0.6) is 0 Å². The van der Waals surface area contributed by atoms with Crippen LogP contribution in [0.2, 0.25) is 0 Å². The van der Waals surface area contributed by atoms with Crippen molar-refractivity contribution in [1.82, 2.24) is 19.5 Å². The Morgan fingerprint density at radius 3 is 2.43 bits per heavy atom. The molecule has 2 aromatic rings. The number of halogens is 2. The second-order valence-corrected chi connectivity index (χ2v) is 8.32. The van der Waals surface area contributed by atoms with Gasteiger partial charge in [-0.3, -0.25) is 4.57 Å². The molecule has 30 heavy (non-hydrogen) atoms. The number of hydrogen-bond donors (Lipinski definition) is 4. The summed E-state index contributed by atoms with van der Waals surface area (Å²) in [4.78, 5) is 14.2. The first-order valence-corrected chi connectivity index (χ1v) is 11.0. The molecule has 2 aromatic heterocycles. The predicted octanol–water partition coefficient (Wildman–Crippen LogP) is 3.62. The quantitative estimate of drug-likeness (QED) is 0.445. The first-order valence-electron chi connectivity index (χ1n) is 11.0. The Kier molecular flexibility index (Phi) is 9.87. The average Bonchev–Trinajstić information content (AvgIpc) is 3.34. The molecule has 170 valence electrons. The minimum atomic E-state index is 0. The van der Waals surface area contributed by atoms with Crippen molar-refractivity contribution in [2.24, 2.45) is 11.5 Å². The summed E-state index contributed by atoms with van der Waals surface area (Å²) >= 11 is 0. The Morgan fingerprint density at radius 1 is 1.00 bits per heavy atom. The van der Waals surface area contributed by atoms with Gasteiger partial charge in [0, 0.05) is 24.7 Å². The van der Waals surface area contributed by atoms with Crippen LogP contribution in [-0.4, -0.2) is 44.7 Å². The Labute approximate surface area is 191 Å². The normalized spacial score (nSPS) is 21.8. The summed E-state index contributed by atoms with van der Waals surface area (Å²) in [7, 11) is 0. The highest BCUT2D eigenvalue weighted by Gasteiger charge is 2.25. The van der Waals surface area contributed by atoms with Crippen LogP contribution in [0.1, 0.15) is 70.3 Å². The van der Waals surface area contributed by atoms with Crippen molar-refractivity contribution in [3.63, 3.8) is 0 Å². The van der Waals surface area contributed by atoms with E-state index in [-0.39, 0.29) is 24.8 Å². The number of nitrogens with zero attached hydrogens (tertiary/aromatic N) is 4. The lowest BCUT2D eigenvalue weighted by molar-refractivity contribution is 0.410. The van der Waals surface area contributed by atoms with Gasteiger partial charge in [0.25, 0.3) is 0 Å². The van der Waals surface area contributed by atoms with Gasteiger partial charge in [0.15, 0.2) is 5.65 Å². The van der Waals surface area contributed by atoms with E-state index in [4.69, 9.17) is 21.4 Å². The van der Waals surface area contributed by atoms with Crippen LogP contribution in [0, 0.1) is 0 Å². The van der Waals surface area contributed by atoms with Gasteiger partial charge in [0.1, 0.15) is 5.52 Å². The monoisotopic (exact) mass is 458 g/mol. The van der Waals surface area contributed by atoms with Crippen LogP contribution in [0.3, 0.4) is 0 Å². The third kappa shape index (κ3) is 5.87. The number of fused-ring (bicyclic) bond motifs is 1. The fourth-order valence-electron chi connectivity index (χ4n) is 4.51. The van der Waals surface area contributed by atoms with Crippen molar-refractivity contribution in [1.29, 1.82) is 0 Å². The zero-order valence-corrected chi connectivity index (χ0v) is 19.2. The van der Waals surface area contributed by atoms with E-state index >= 15 is 0 Å². The summed E-state index contributed by atoms with van der Waals surface area (Å²) < 4.78 is 2.31. The first kappa shape index (κ1) is 24.9. The van der Waals surface area contributed by atoms with Crippen molar-refractivity contribution in [2.75, 3.05) is 23.7 Å². The predicted molar refractivity (Wildman–Crippen MR) is 128 cm³/mol. The number of aromatic nitrogens is 4. The van der Waals surface area contributed by atoms with E-state index in [1.807, 2.05) is 6.20 Å². The second-order valence-electron chi connectivity index (χ2n) is 8.32. The molecule has 2 heterocycles. The minimum Gasteiger partial charge on any atom is -0.356 e. The lowest BCUT2D eigenvalue weighted by Crippen LogP contribution is -2.33. The molecule has 0 amide bonds. The molecule has 0 spiro atoms. The number of hydrogen-bond acceptors (Lipinski definition) is 7. The van der Waals surface area contributed by atoms with Crippen LogP contribution in [0.25, 0.3) is 11.2 Å². The zero-order chi connectivity index (χ0) is 19.3. The van der Waals surface area contributed by atoms with E-state index in [1.165, 1.54) is 25.7 Å². The highest BCUT2D eigenvalue weighted by Crippen LogP contribution is 2.35. The van der Waals surface area contributed by atoms with E-state index in [9.17, 15) is 0 Å². The molecule has 0 aromatic carbocycles. The van der Waals surface area contributed by atoms with E-state index in [0.717, 1.165) is 68.7 Å². The molecule has 8 nitrogen and oxygen atoms in total. The Hall–Kier alpha value is -1.35. The molecule has 0 atom stereocenters. The van der Waals surface area contributed by atoms with E-state index in [0.29, 0.717) is 24.1 Å². The second kappa shape index (κ2) is 11.9. The highest BCUT2D eigenvalue weighted by molar-refractivity contribution is 5.85. The summed E-state index contributed by atoms with van der Waals surface area (Å²) in [5.41, 5.74) is 13.5. The van der Waals surface area contributed by atoms with Crippen LogP contribution in [0.15, 0.2) is 6.20 Å². The summed E-state index contributed by atoms with van der Waals surface area (Å²) in [6.45, 7) is 1.61. The molecule has 2 fully saturated rings. The first-order chi connectivity index (χ1) is 13.7. The third-order valence-corrected chi connectivity index (χ3v) is 6.14. The molecular weight excluding hydrogens is 423 g/mol. The van der Waals surface area contributed by atoms with E-state index in [2.05, 4.69) is 20.2 Å². The lowest BCUT2D eigenvalue weighted by atomic mass is 9.92. The number of imidazole rings is 1. The fraction of sp³-hybridized carbons (Fsp3) is 0.750. The molecule has 2 aliphatic rings. The molecule has 2 saturated carbocycles. The number of unbranched alkanes of at least 4 members (excludes halogenated alkanes) is 1. The third-order valence-electron chi connectivity index (χ3n) is 6.14. The highest BCUT2D eigenvalue weighted by atomic mass is 35.5. The van der Waals surface area contributed by atoms with E-state index in [1.54, 1.807) is 0 Å². The molecule has 0 radical (unpaired) electrons. The van der Waals surface area contributed by atoms with Gasteiger partial charge >= 0.3 is 0 Å². The maximum atomic E-state index is 6.03. The van der Waals surface area contributed by atoms with Crippen LogP contribution in [-0.2, 0) is 0 Å². The van der Waals surface area contributed by atoms with Gasteiger partial charge in [-0.05, 0) is 57.9 Å². The summed E-state index contributed by atoms with van der Waals surface area (Å²) in [5, 5.41) is 7.04. The van der Waals surface area contributed by atoms with Crippen LogP contribution >= 0.6 is 24.8 Å². The fourth-order valence-corrected chi connectivity index (χ4v) is 4.51. The Morgan fingerprint density at radius 2 is 1.73 bits per heavy atom. The molecule has 0 saturated heterocycles. The van der Waals surface area contributed by atoms with Gasteiger partial charge in [-0.15, -0.1) is 24.8 Å². The summed E-state index contributed by atoms with van der Waals surface area (Å²) in [5.74, 6) is 1.64. The molecule has 0 aliphatic heterocycles. The minimum absolute atomic E-state index is 0. The molecule has 0 bridgehead atoms. The molecule has 4 rings (SSSR count). The van der Waals surface area contributed by atoms with Gasteiger partial charge < -0.3 is 22.1 Å². The van der Waals surface area contributed by atoms with Gasteiger partial charge in [-0.25, -0.2) is 9.97 Å². The van der Waals surface area contributed by atoms with Crippen molar-refractivity contribution in [3.8, 4) is 0 Å². The average molecular weight is 459 g/mol. The van der Waals surface area contributed by atoms with Crippen LogP contribution in [0.4, 0.5) is 11.9 Å². The number of rotatable bonds is 8. The molecule has 10 heteroatoms. The lowest BCUT2D eigenvalue weighted by Gasteiger charge is -2.26. The van der Waals surface area contributed by atoms with Crippen LogP contribution < -0.4 is 22.1 Å². The van der Waals surface area contributed by atoms with Crippen molar-refractivity contribution in [2.45, 2.75) is 82.3 Å². The van der Waals surface area contributed by atoms with Crippen molar-refractivity contribution >= 4 is 47.9 Å². The number of nitrogens with one attached hydrogen (secondary N) is 2. The van der Waals surface area contributed by atoms with Gasteiger partial charge in [0.2, 0.25) is 11.9 Å². The molecule has 2 aliphatic carbocycles. The molecular formula is C20H36Cl2N8. The number of anilines is 2. The van der Waals surface area contributed by atoms with Gasteiger partial charge in [-0.2, -0.15) is 4.98 Å². The maximum Gasteiger partial charge on any atom is 0.224 e. The number of nitrogens with two attached hydrogens (primary N) is 2. The largest absolute Gasteiger partial charge is 0.356 e. The van der Waals surface area contributed by atoms with Gasteiger partial charge in [0.05, 0.1) is 6.20 Å². The molecule has 6 N–H and O–H groups in total. The molecule has 0 unspecified atom stereocenters. The topological polar surface area (TPSA) is 120 Å². The summed E-state index contributed by atoms with van der Waals surface area (Å²) in [6.07, 6.45) is 13.2. The zero-order valence-electron chi connectivity index (χ0n) is 17.6. The van der Waals surface area contributed by atoms with E-state index < -0.39 is 0 Å². The smallest absolute Gasteiger partial charge is 0.224 e. The SMILES string of the molecule is Cl.Cl.NCCCCNc1nc2cnc(NC3CCC(N)CC3)nc2n1C1CCCC1.